The van der Waals surface area contributed by atoms with E-state index in [0.29, 0.717) is 15.7 Å². The second-order valence-corrected chi connectivity index (χ2v) is 5.49. The van der Waals surface area contributed by atoms with Gasteiger partial charge in [-0.15, -0.1) is 0 Å². The molecule has 110 valence electrons. The van der Waals surface area contributed by atoms with Gasteiger partial charge < -0.3 is 10.6 Å². The molecule has 1 amide bonds. The van der Waals surface area contributed by atoms with Crippen LogP contribution >= 0.6 is 15.9 Å². The Morgan fingerprint density at radius 1 is 1.24 bits per heavy atom. The molecule has 0 aliphatic rings. The molecule has 0 aliphatic heterocycles. The number of benzene rings is 2. The highest BCUT2D eigenvalue weighted by Crippen LogP contribution is 2.21. The van der Waals surface area contributed by atoms with Gasteiger partial charge in [-0.1, -0.05) is 6.07 Å². The Balaban J connectivity index is 2.17. The molecular weight excluding hydrogens is 342 g/mol. The van der Waals surface area contributed by atoms with Crippen molar-refractivity contribution in [1.82, 2.24) is 4.90 Å². The van der Waals surface area contributed by atoms with Gasteiger partial charge in [-0.05, 0) is 40.2 Å². The zero-order valence-electron chi connectivity index (χ0n) is 11.2. The van der Waals surface area contributed by atoms with Crippen molar-refractivity contribution in [3.05, 3.63) is 63.6 Å². The van der Waals surface area contributed by atoms with Crippen molar-refractivity contribution in [2.45, 2.75) is 6.54 Å². The number of amides is 1. The number of hydrogen-bond acceptors (Lipinski definition) is 2. The molecule has 0 atom stereocenters. The maximum absolute atomic E-state index is 13.6. The van der Waals surface area contributed by atoms with Gasteiger partial charge in [0.15, 0.2) is 0 Å². The number of hydrogen-bond donors (Lipinski definition) is 1. The predicted octanol–water partition coefficient (Wildman–Crippen LogP) is 3.58. The first-order valence-electron chi connectivity index (χ1n) is 6.13. The van der Waals surface area contributed by atoms with Crippen LogP contribution in [0, 0.1) is 11.6 Å². The van der Waals surface area contributed by atoms with Crippen LogP contribution in [0.25, 0.3) is 0 Å². The van der Waals surface area contributed by atoms with Gasteiger partial charge in [-0.2, -0.15) is 0 Å². The largest absolute Gasteiger partial charge is 0.398 e. The SMILES string of the molecule is CN(Cc1ccc(F)cc1F)C(=O)c1ccc(N)c(Br)c1. The number of halogens is 3. The van der Waals surface area contributed by atoms with Gasteiger partial charge in [0.2, 0.25) is 0 Å². The van der Waals surface area contributed by atoms with Crippen LogP contribution in [0.1, 0.15) is 15.9 Å². The Morgan fingerprint density at radius 2 is 1.95 bits per heavy atom. The molecule has 2 N–H and O–H groups in total. The monoisotopic (exact) mass is 354 g/mol. The molecule has 0 heterocycles. The van der Waals surface area contributed by atoms with E-state index >= 15 is 0 Å². The number of nitrogens with two attached hydrogens (primary N) is 1. The first-order valence-corrected chi connectivity index (χ1v) is 6.92. The van der Waals surface area contributed by atoms with Gasteiger partial charge in [0.05, 0.1) is 0 Å². The van der Waals surface area contributed by atoms with Crippen LogP contribution in [-0.4, -0.2) is 17.9 Å². The zero-order valence-corrected chi connectivity index (χ0v) is 12.8. The first-order chi connectivity index (χ1) is 9.88. The van der Waals surface area contributed by atoms with Crippen LogP contribution in [-0.2, 0) is 6.54 Å². The number of anilines is 1. The molecule has 0 aliphatic carbocycles. The summed E-state index contributed by atoms with van der Waals surface area (Å²) in [5, 5.41) is 0. The molecular formula is C15H13BrF2N2O. The summed E-state index contributed by atoms with van der Waals surface area (Å²) >= 11 is 3.25. The van der Waals surface area contributed by atoms with Crippen molar-refractivity contribution in [2.75, 3.05) is 12.8 Å². The van der Waals surface area contributed by atoms with Crippen LogP contribution in [0.2, 0.25) is 0 Å². The highest BCUT2D eigenvalue weighted by atomic mass is 79.9. The molecule has 0 spiro atoms. The van der Waals surface area contributed by atoms with Crippen molar-refractivity contribution in [3.8, 4) is 0 Å². The summed E-state index contributed by atoms with van der Waals surface area (Å²) in [5.74, 6) is -1.60. The Labute approximate surface area is 129 Å². The van der Waals surface area contributed by atoms with E-state index < -0.39 is 11.6 Å². The fourth-order valence-electron chi connectivity index (χ4n) is 1.86. The van der Waals surface area contributed by atoms with Gasteiger partial charge in [-0.3, -0.25) is 4.79 Å². The molecule has 2 rings (SSSR count). The van der Waals surface area contributed by atoms with E-state index in [9.17, 15) is 13.6 Å². The van der Waals surface area contributed by atoms with Gasteiger partial charge in [0.25, 0.3) is 5.91 Å². The Hall–Kier alpha value is -1.95. The standard InChI is InChI=1S/C15H13BrF2N2O/c1-20(8-10-2-4-11(17)7-13(10)18)15(21)9-3-5-14(19)12(16)6-9/h2-7H,8,19H2,1H3. The van der Waals surface area contributed by atoms with E-state index in [2.05, 4.69) is 15.9 Å². The van der Waals surface area contributed by atoms with Gasteiger partial charge >= 0.3 is 0 Å². The number of nitrogen functional groups attached to an aromatic ring is 1. The Kier molecular flexibility index (Phi) is 4.57. The maximum Gasteiger partial charge on any atom is 0.253 e. The molecule has 21 heavy (non-hydrogen) atoms. The lowest BCUT2D eigenvalue weighted by atomic mass is 10.1. The first kappa shape index (κ1) is 15.4. The molecule has 2 aromatic carbocycles. The molecule has 0 radical (unpaired) electrons. The molecule has 0 unspecified atom stereocenters. The van der Waals surface area contributed by atoms with E-state index in [4.69, 9.17) is 5.73 Å². The van der Waals surface area contributed by atoms with Crippen molar-refractivity contribution in [1.29, 1.82) is 0 Å². The molecule has 0 bridgehead atoms. The highest BCUT2D eigenvalue weighted by Gasteiger charge is 2.15. The zero-order chi connectivity index (χ0) is 15.6. The van der Waals surface area contributed by atoms with E-state index in [0.717, 1.165) is 12.1 Å². The summed E-state index contributed by atoms with van der Waals surface area (Å²) in [7, 11) is 1.55. The molecule has 0 saturated carbocycles. The summed E-state index contributed by atoms with van der Waals surface area (Å²) in [4.78, 5) is 13.6. The average molecular weight is 355 g/mol. The van der Waals surface area contributed by atoms with Crippen LogP contribution in [0.3, 0.4) is 0 Å². The second kappa shape index (κ2) is 6.22. The summed E-state index contributed by atoms with van der Waals surface area (Å²) in [6.45, 7) is 0.0486. The predicted molar refractivity (Wildman–Crippen MR) is 80.7 cm³/mol. The van der Waals surface area contributed by atoms with E-state index in [-0.39, 0.29) is 18.0 Å². The molecule has 0 saturated heterocycles. The maximum atomic E-state index is 13.6. The minimum Gasteiger partial charge on any atom is -0.398 e. The van der Waals surface area contributed by atoms with Crippen LogP contribution in [0.4, 0.5) is 14.5 Å². The minimum atomic E-state index is -0.673. The third kappa shape index (κ3) is 3.58. The third-order valence-electron chi connectivity index (χ3n) is 3.02. The van der Waals surface area contributed by atoms with Crippen LogP contribution in [0.5, 0.6) is 0 Å². The molecule has 0 aromatic heterocycles. The summed E-state index contributed by atoms with van der Waals surface area (Å²) in [6, 6.07) is 8.11. The lowest BCUT2D eigenvalue weighted by Crippen LogP contribution is -2.26. The molecule has 6 heteroatoms. The van der Waals surface area contributed by atoms with Crippen molar-refractivity contribution >= 4 is 27.5 Å². The fraction of sp³-hybridized carbons (Fsp3) is 0.133. The quantitative estimate of drug-likeness (QED) is 0.856. The van der Waals surface area contributed by atoms with Gasteiger partial charge in [0.1, 0.15) is 11.6 Å². The highest BCUT2D eigenvalue weighted by molar-refractivity contribution is 9.10. The summed E-state index contributed by atoms with van der Waals surface area (Å²) in [6.07, 6.45) is 0. The van der Waals surface area contributed by atoms with E-state index in [1.807, 2.05) is 0 Å². The van der Waals surface area contributed by atoms with Crippen molar-refractivity contribution < 1.29 is 13.6 Å². The number of carbonyl (C=O) groups is 1. The topological polar surface area (TPSA) is 46.3 Å². The molecule has 2 aromatic rings. The fourth-order valence-corrected chi connectivity index (χ4v) is 2.24. The van der Waals surface area contributed by atoms with Crippen LogP contribution in [0.15, 0.2) is 40.9 Å². The normalized spacial score (nSPS) is 10.5. The number of rotatable bonds is 3. The van der Waals surface area contributed by atoms with Crippen LogP contribution < -0.4 is 5.73 Å². The van der Waals surface area contributed by atoms with E-state index in [1.54, 1.807) is 25.2 Å². The van der Waals surface area contributed by atoms with E-state index in [1.165, 1.54) is 11.0 Å². The Morgan fingerprint density at radius 3 is 2.57 bits per heavy atom. The lowest BCUT2D eigenvalue weighted by Gasteiger charge is -2.18. The summed E-state index contributed by atoms with van der Waals surface area (Å²) < 4.78 is 27.1. The summed E-state index contributed by atoms with van der Waals surface area (Å²) in [5.41, 5.74) is 6.88. The smallest absolute Gasteiger partial charge is 0.253 e. The number of nitrogens with zero attached hydrogens (tertiary/aromatic N) is 1. The molecule has 3 nitrogen and oxygen atoms in total. The van der Waals surface area contributed by atoms with Gasteiger partial charge in [0, 0.05) is 40.9 Å². The average Bonchev–Trinajstić information content (AvgIpc) is 2.44. The minimum absolute atomic E-state index is 0.0486. The van der Waals surface area contributed by atoms with Gasteiger partial charge in [-0.25, -0.2) is 8.78 Å². The third-order valence-corrected chi connectivity index (χ3v) is 3.70. The number of carbonyl (C=O) groups excluding carboxylic acids is 1. The van der Waals surface area contributed by atoms with Crippen molar-refractivity contribution in [2.24, 2.45) is 0 Å². The second-order valence-electron chi connectivity index (χ2n) is 4.63. The van der Waals surface area contributed by atoms with Crippen molar-refractivity contribution in [3.63, 3.8) is 0 Å². The lowest BCUT2D eigenvalue weighted by molar-refractivity contribution is 0.0784. The molecule has 0 fully saturated rings. The Bertz CT molecular complexity index is 691.